The second-order valence-corrected chi connectivity index (χ2v) is 3.76. The normalized spacial score (nSPS) is 20.1. The van der Waals surface area contributed by atoms with E-state index in [0.29, 0.717) is 25.4 Å². The lowest BCUT2D eigenvalue weighted by Gasteiger charge is -2.33. The zero-order chi connectivity index (χ0) is 12.3. The molecular formula is C11H15N3O3. The third-order valence-corrected chi connectivity index (χ3v) is 2.70. The van der Waals surface area contributed by atoms with Gasteiger partial charge in [-0.3, -0.25) is 4.98 Å². The highest BCUT2D eigenvalue weighted by Crippen LogP contribution is 2.23. The predicted octanol–water partition coefficient (Wildman–Crippen LogP) is 0.0420. The van der Waals surface area contributed by atoms with E-state index in [0.717, 1.165) is 5.69 Å². The fourth-order valence-corrected chi connectivity index (χ4v) is 1.83. The standard InChI is InChI=1S/C11H15N3O3/c1-16-11(15)10-7-14(4-5-17-10)9-2-3-13-6-8(9)12/h2-3,6,10H,4-5,7,12H2,1H3. The minimum absolute atomic E-state index is 0.359. The Bertz CT molecular complexity index is 411. The van der Waals surface area contributed by atoms with Crippen LogP contribution in [0, 0.1) is 0 Å². The number of carbonyl (C=O) groups excluding carboxylic acids is 1. The summed E-state index contributed by atoms with van der Waals surface area (Å²) in [5.74, 6) is -0.359. The van der Waals surface area contributed by atoms with Crippen LogP contribution in [-0.4, -0.2) is 43.9 Å². The van der Waals surface area contributed by atoms with Gasteiger partial charge in [0.25, 0.3) is 0 Å². The molecule has 1 fully saturated rings. The SMILES string of the molecule is COC(=O)C1CN(c2ccncc2N)CCO1. The van der Waals surface area contributed by atoms with Crippen molar-refractivity contribution in [3.63, 3.8) is 0 Å². The second kappa shape index (κ2) is 5.01. The second-order valence-electron chi connectivity index (χ2n) is 3.76. The van der Waals surface area contributed by atoms with Crippen molar-refractivity contribution in [2.24, 2.45) is 0 Å². The molecule has 0 amide bonds. The smallest absolute Gasteiger partial charge is 0.336 e. The summed E-state index contributed by atoms with van der Waals surface area (Å²) < 4.78 is 10.0. The number of morpholine rings is 1. The highest BCUT2D eigenvalue weighted by Gasteiger charge is 2.28. The fraction of sp³-hybridized carbons (Fsp3) is 0.455. The van der Waals surface area contributed by atoms with Crippen molar-refractivity contribution in [2.45, 2.75) is 6.10 Å². The topological polar surface area (TPSA) is 77.7 Å². The Kier molecular flexibility index (Phi) is 3.43. The third-order valence-electron chi connectivity index (χ3n) is 2.70. The number of nitrogen functional groups attached to an aromatic ring is 1. The van der Waals surface area contributed by atoms with E-state index in [9.17, 15) is 4.79 Å². The highest BCUT2D eigenvalue weighted by atomic mass is 16.6. The summed E-state index contributed by atoms with van der Waals surface area (Å²) in [5, 5.41) is 0. The maximum atomic E-state index is 11.4. The average Bonchev–Trinajstić information content (AvgIpc) is 2.38. The minimum Gasteiger partial charge on any atom is -0.467 e. The van der Waals surface area contributed by atoms with Gasteiger partial charge in [0.05, 0.1) is 37.8 Å². The summed E-state index contributed by atoms with van der Waals surface area (Å²) in [7, 11) is 1.35. The number of hydrogen-bond acceptors (Lipinski definition) is 6. The number of hydrogen-bond donors (Lipinski definition) is 1. The average molecular weight is 237 g/mol. The van der Waals surface area contributed by atoms with Crippen molar-refractivity contribution in [3.05, 3.63) is 18.5 Å². The largest absolute Gasteiger partial charge is 0.467 e. The van der Waals surface area contributed by atoms with E-state index in [-0.39, 0.29) is 5.97 Å². The van der Waals surface area contributed by atoms with Crippen molar-refractivity contribution >= 4 is 17.3 Å². The molecular weight excluding hydrogens is 222 g/mol. The Morgan fingerprint density at radius 3 is 3.24 bits per heavy atom. The number of esters is 1. The molecule has 1 saturated heterocycles. The molecule has 0 aromatic carbocycles. The molecule has 1 atom stereocenters. The lowest BCUT2D eigenvalue weighted by Crippen LogP contribution is -2.46. The molecule has 0 aliphatic carbocycles. The number of nitrogens with zero attached hydrogens (tertiary/aromatic N) is 2. The zero-order valence-electron chi connectivity index (χ0n) is 9.63. The molecule has 6 heteroatoms. The molecule has 17 heavy (non-hydrogen) atoms. The van der Waals surface area contributed by atoms with Gasteiger partial charge in [-0.2, -0.15) is 0 Å². The fourth-order valence-electron chi connectivity index (χ4n) is 1.83. The molecule has 1 aromatic rings. The van der Waals surface area contributed by atoms with Gasteiger partial charge in [-0.25, -0.2) is 4.79 Å². The van der Waals surface area contributed by atoms with Crippen LogP contribution in [0.3, 0.4) is 0 Å². The van der Waals surface area contributed by atoms with Gasteiger partial charge in [0.2, 0.25) is 0 Å². The quantitative estimate of drug-likeness (QED) is 0.732. The summed E-state index contributed by atoms with van der Waals surface area (Å²) in [5.41, 5.74) is 7.31. The van der Waals surface area contributed by atoms with Crippen LogP contribution in [0.4, 0.5) is 11.4 Å². The molecule has 1 aliphatic rings. The Hall–Kier alpha value is -1.82. The maximum Gasteiger partial charge on any atom is 0.336 e. The van der Waals surface area contributed by atoms with Crippen LogP contribution in [0.15, 0.2) is 18.5 Å². The number of aromatic nitrogens is 1. The van der Waals surface area contributed by atoms with E-state index in [1.807, 2.05) is 11.0 Å². The van der Waals surface area contributed by atoms with Crippen LogP contribution < -0.4 is 10.6 Å². The molecule has 2 heterocycles. The van der Waals surface area contributed by atoms with Crippen LogP contribution in [0.25, 0.3) is 0 Å². The predicted molar refractivity (Wildman–Crippen MR) is 62.6 cm³/mol. The third kappa shape index (κ3) is 2.47. The number of pyridine rings is 1. The number of methoxy groups -OCH3 is 1. The van der Waals surface area contributed by atoms with Crippen LogP contribution >= 0.6 is 0 Å². The first-order chi connectivity index (χ1) is 8.22. The van der Waals surface area contributed by atoms with Crippen molar-refractivity contribution in [1.29, 1.82) is 0 Å². The molecule has 0 radical (unpaired) electrons. The lowest BCUT2D eigenvalue weighted by atomic mass is 10.2. The number of nitrogens with two attached hydrogens (primary N) is 1. The van der Waals surface area contributed by atoms with Crippen molar-refractivity contribution < 1.29 is 14.3 Å². The van der Waals surface area contributed by atoms with Crippen LogP contribution in [-0.2, 0) is 14.3 Å². The Balaban J connectivity index is 2.12. The summed E-state index contributed by atoms with van der Waals surface area (Å²) in [4.78, 5) is 17.3. The van der Waals surface area contributed by atoms with Gasteiger partial charge >= 0.3 is 5.97 Å². The Morgan fingerprint density at radius 2 is 2.53 bits per heavy atom. The maximum absolute atomic E-state index is 11.4. The van der Waals surface area contributed by atoms with E-state index in [1.165, 1.54) is 7.11 Å². The molecule has 0 spiro atoms. The first-order valence-corrected chi connectivity index (χ1v) is 5.36. The van der Waals surface area contributed by atoms with Gasteiger partial charge < -0.3 is 20.1 Å². The zero-order valence-corrected chi connectivity index (χ0v) is 9.63. The molecule has 0 saturated carbocycles. The molecule has 92 valence electrons. The van der Waals surface area contributed by atoms with E-state index in [4.69, 9.17) is 10.5 Å². The number of anilines is 2. The van der Waals surface area contributed by atoms with Crippen LogP contribution in [0.5, 0.6) is 0 Å². The summed E-state index contributed by atoms with van der Waals surface area (Å²) in [6, 6.07) is 1.83. The van der Waals surface area contributed by atoms with Crippen molar-refractivity contribution in [2.75, 3.05) is 37.4 Å². The number of ether oxygens (including phenoxy) is 2. The minimum atomic E-state index is -0.554. The molecule has 6 nitrogen and oxygen atoms in total. The lowest BCUT2D eigenvalue weighted by molar-refractivity contribution is -0.154. The van der Waals surface area contributed by atoms with Gasteiger partial charge in [0.1, 0.15) is 0 Å². The monoisotopic (exact) mass is 237 g/mol. The summed E-state index contributed by atoms with van der Waals surface area (Å²) in [6.07, 6.45) is 2.72. The van der Waals surface area contributed by atoms with Crippen LogP contribution in [0.2, 0.25) is 0 Å². The van der Waals surface area contributed by atoms with E-state index in [1.54, 1.807) is 12.4 Å². The van der Waals surface area contributed by atoms with E-state index in [2.05, 4.69) is 9.72 Å². The van der Waals surface area contributed by atoms with E-state index < -0.39 is 6.10 Å². The summed E-state index contributed by atoms with van der Waals surface area (Å²) >= 11 is 0. The van der Waals surface area contributed by atoms with Crippen molar-refractivity contribution in [1.82, 2.24) is 4.98 Å². The molecule has 2 rings (SSSR count). The van der Waals surface area contributed by atoms with E-state index >= 15 is 0 Å². The number of rotatable bonds is 2. The molecule has 1 aromatic heterocycles. The molecule has 1 aliphatic heterocycles. The van der Waals surface area contributed by atoms with Gasteiger partial charge in [0, 0.05) is 12.7 Å². The van der Waals surface area contributed by atoms with Gasteiger partial charge in [0.15, 0.2) is 6.10 Å². The molecule has 1 unspecified atom stereocenters. The molecule has 0 bridgehead atoms. The Labute approximate surface area is 99.3 Å². The summed E-state index contributed by atoms with van der Waals surface area (Å²) in [6.45, 7) is 1.62. The van der Waals surface area contributed by atoms with Crippen molar-refractivity contribution in [3.8, 4) is 0 Å². The van der Waals surface area contributed by atoms with Gasteiger partial charge in [-0.1, -0.05) is 0 Å². The van der Waals surface area contributed by atoms with Gasteiger partial charge in [-0.05, 0) is 6.07 Å². The highest BCUT2D eigenvalue weighted by molar-refractivity contribution is 5.76. The number of carbonyl (C=O) groups is 1. The molecule has 2 N–H and O–H groups in total. The Morgan fingerprint density at radius 1 is 1.71 bits per heavy atom. The van der Waals surface area contributed by atoms with Crippen LogP contribution in [0.1, 0.15) is 0 Å². The first-order valence-electron chi connectivity index (χ1n) is 5.36. The first kappa shape index (κ1) is 11.7. The van der Waals surface area contributed by atoms with Gasteiger partial charge in [-0.15, -0.1) is 0 Å².